The largest absolute Gasteiger partial charge is 0.474 e. The Kier molecular flexibility index (Phi) is 31.9. The fraction of sp³-hybridized carbons (Fsp3) is 0.720. The Bertz CT molecular complexity index is 2810. The van der Waals surface area contributed by atoms with E-state index in [1.807, 2.05) is 55.4 Å². The van der Waals surface area contributed by atoms with Gasteiger partial charge in [-0.15, -0.1) is 0 Å². The standard InChI is InChI=1S/C25H40N4O10P2.C25H40N4O9P2/c1-18(2)29(19(3)4)40(36-14-9-12-26)39-22-16-23(38-21(22)11-13-30)28-17-20(24(31)27-25(28)32)10-7-8-15-37-41(33,34-5)35-6;1-18(2)29(19(3)4)39(35-14-9-12-26)38-22-16-23(37-21(22)11-13-30)28-17-20(24(31)27-25(28)32)10-7-8-15-36-40(6,33)34-5/h17-19,21-23,30H,8-9,11,13-16H2,1-6H3,(H,27,31,32);17-19,21-23,30H,8-9,11,13-16H2,1-6H3,(H,27,31,32). The number of aliphatic hydroxyl groups is 2. The zero-order valence-corrected chi connectivity index (χ0v) is 51.7. The SMILES string of the molecule is COP(=O)(OC)OCCC#Cc1cn(C2CC(OP(OCCC#N)N(C(C)C)C(C)C)C(CCO)O2)c(=O)[nH]c1=O.COP(C)(=O)OCCC#Cc1cn(C2CC(OP(OCCC#N)N(C(C)C)C(C)C)C(CCO)O2)c(=O)[nH]c1=O. The number of hydrogen-bond donors (Lipinski definition) is 4. The number of hydrogen-bond acceptors (Lipinski definition) is 23. The van der Waals surface area contributed by atoms with E-state index in [1.165, 1.54) is 49.5 Å². The maximum absolute atomic E-state index is 12.7. The minimum atomic E-state index is -3.64. The smallest absolute Gasteiger partial charge is 0.396 e. The van der Waals surface area contributed by atoms with Crippen LogP contribution in [0.15, 0.2) is 31.6 Å². The van der Waals surface area contributed by atoms with Gasteiger partial charge in [0.2, 0.25) is 0 Å². The molecule has 2 fully saturated rings. The van der Waals surface area contributed by atoms with Crippen molar-refractivity contribution in [1.29, 1.82) is 10.5 Å². The lowest BCUT2D eigenvalue weighted by atomic mass is 10.1. The van der Waals surface area contributed by atoms with E-state index in [9.17, 15) is 38.5 Å². The second-order valence-corrected chi connectivity index (χ2v) is 26.0. The van der Waals surface area contributed by atoms with Gasteiger partial charge in [-0.1, -0.05) is 23.7 Å². The van der Waals surface area contributed by atoms with Crippen molar-refractivity contribution in [3.05, 3.63) is 65.2 Å². The maximum Gasteiger partial charge on any atom is 0.474 e. The molecule has 4 N–H and O–H groups in total. The van der Waals surface area contributed by atoms with Gasteiger partial charge in [0.15, 0.2) is 0 Å². The normalized spacial score (nSPS) is 20.6. The summed E-state index contributed by atoms with van der Waals surface area (Å²) in [5.74, 6) is 10.9. The van der Waals surface area contributed by atoms with Crippen molar-refractivity contribution in [2.45, 2.75) is 168 Å². The van der Waals surface area contributed by atoms with Crippen molar-refractivity contribution in [1.82, 2.24) is 28.4 Å². The fourth-order valence-electron chi connectivity index (χ4n) is 8.15. The van der Waals surface area contributed by atoms with Crippen molar-refractivity contribution < 1.29 is 69.5 Å². The van der Waals surface area contributed by atoms with E-state index in [-0.39, 0.29) is 126 Å². The van der Waals surface area contributed by atoms with E-state index in [1.54, 1.807) is 0 Å². The Balaban J connectivity index is 0.000000425. The number of nitrogens with one attached hydrogen (secondary N) is 2. The first-order chi connectivity index (χ1) is 38.4. The molecule has 4 rings (SSSR count). The number of nitrogens with zero attached hydrogens (tertiary/aromatic N) is 6. The van der Waals surface area contributed by atoms with Gasteiger partial charge in [0.05, 0.1) is 75.8 Å². The van der Waals surface area contributed by atoms with Gasteiger partial charge < -0.3 is 46.8 Å². The molecule has 0 bridgehead atoms. The highest BCUT2D eigenvalue weighted by molar-refractivity contribution is 7.52. The van der Waals surface area contributed by atoms with Gasteiger partial charge in [-0.25, -0.2) is 23.5 Å². The van der Waals surface area contributed by atoms with Crippen LogP contribution in [0.3, 0.4) is 0 Å². The first kappa shape index (κ1) is 71.4. The third-order valence-corrected chi connectivity index (χ3v) is 18.8. The van der Waals surface area contributed by atoms with Crippen molar-refractivity contribution in [3.63, 3.8) is 0 Å². The van der Waals surface area contributed by atoms with Crippen LogP contribution in [0.1, 0.15) is 130 Å². The van der Waals surface area contributed by atoms with Gasteiger partial charge in [0.25, 0.3) is 28.2 Å². The van der Waals surface area contributed by atoms with Gasteiger partial charge >= 0.3 is 26.8 Å². The van der Waals surface area contributed by atoms with E-state index < -0.39 is 91.8 Å². The van der Waals surface area contributed by atoms with Gasteiger partial charge in [-0.2, -0.15) is 10.5 Å². The molecule has 0 saturated carbocycles. The van der Waals surface area contributed by atoms with Crippen LogP contribution in [0, 0.1) is 46.3 Å². The summed E-state index contributed by atoms with van der Waals surface area (Å²) in [7, 11) is -6.26. The zero-order valence-electron chi connectivity index (χ0n) is 48.1. The van der Waals surface area contributed by atoms with Gasteiger partial charge in [-0.3, -0.25) is 46.8 Å². The van der Waals surface area contributed by atoms with E-state index in [4.69, 9.17) is 51.7 Å². The number of aromatic nitrogens is 4. The minimum Gasteiger partial charge on any atom is -0.396 e. The first-order valence-electron chi connectivity index (χ1n) is 26.3. The van der Waals surface area contributed by atoms with Crippen molar-refractivity contribution in [2.24, 2.45) is 0 Å². The summed E-state index contributed by atoms with van der Waals surface area (Å²) in [5.41, 5.74) is -2.61. The monoisotopic (exact) mass is 1220 g/mol. The number of H-pyrrole nitrogens is 2. The summed E-state index contributed by atoms with van der Waals surface area (Å²) >= 11 is 0. The highest BCUT2D eigenvalue weighted by Crippen LogP contribution is 2.52. The molecule has 454 valence electrons. The summed E-state index contributed by atoms with van der Waals surface area (Å²) in [4.78, 5) is 54.8. The van der Waals surface area contributed by atoms with Crippen LogP contribution in [0.25, 0.3) is 0 Å². The number of aliphatic hydroxyl groups excluding tert-OH is 2. The topological polar surface area (TPSA) is 340 Å². The Labute approximate surface area is 475 Å². The van der Waals surface area contributed by atoms with Crippen LogP contribution in [-0.4, -0.2) is 155 Å². The Morgan fingerprint density at radius 1 is 0.642 bits per heavy atom. The fourth-order valence-corrected chi connectivity index (χ4v) is 12.9. The van der Waals surface area contributed by atoms with Crippen molar-refractivity contribution >= 4 is 32.5 Å². The quantitative estimate of drug-likeness (QED) is 0.0375. The summed E-state index contributed by atoms with van der Waals surface area (Å²) in [6.45, 7) is 17.6. The molecule has 2 aliphatic rings. The molecular formula is C50H80N8O19P4. The molecule has 2 aromatic rings. The zero-order chi connectivity index (χ0) is 60.5. The number of phosphoric ester groups is 1. The maximum atomic E-state index is 12.7. The van der Waals surface area contributed by atoms with Crippen LogP contribution < -0.4 is 22.5 Å². The van der Waals surface area contributed by atoms with E-state index in [0.29, 0.717) is 0 Å². The molecule has 2 saturated heterocycles. The third-order valence-electron chi connectivity index (χ3n) is 11.8. The summed E-state index contributed by atoms with van der Waals surface area (Å²) in [6, 6.07) is 4.49. The van der Waals surface area contributed by atoms with Crippen LogP contribution in [0.5, 0.6) is 0 Å². The van der Waals surface area contributed by atoms with Crippen molar-refractivity contribution in [2.75, 3.05) is 67.6 Å². The van der Waals surface area contributed by atoms with Gasteiger partial charge in [-0.05, 0) is 68.2 Å². The van der Waals surface area contributed by atoms with Crippen LogP contribution >= 0.6 is 32.5 Å². The Morgan fingerprint density at radius 3 is 1.36 bits per heavy atom. The summed E-state index contributed by atoms with van der Waals surface area (Å²) < 4.78 is 91.8. The summed E-state index contributed by atoms with van der Waals surface area (Å²) in [5, 5.41) is 37.3. The minimum absolute atomic E-state index is 0.0193. The molecule has 9 unspecified atom stereocenters. The van der Waals surface area contributed by atoms with E-state index in [2.05, 4.69) is 64.2 Å². The Hall–Kier alpha value is -3.82. The molecule has 0 radical (unpaired) electrons. The first-order valence-corrected chi connectivity index (χ1v) is 32.0. The lowest BCUT2D eigenvalue weighted by molar-refractivity contribution is -0.0290. The predicted molar refractivity (Wildman–Crippen MR) is 300 cm³/mol. The predicted octanol–water partition coefficient (Wildman–Crippen LogP) is 6.12. The molecule has 2 aliphatic heterocycles. The molecular weight excluding hydrogens is 1140 g/mol. The molecule has 27 nitrogen and oxygen atoms in total. The molecule has 4 heterocycles. The summed E-state index contributed by atoms with van der Waals surface area (Å²) in [6.07, 6.45) is 0.615. The van der Waals surface area contributed by atoms with Crippen LogP contribution in [-0.2, 0) is 59.3 Å². The van der Waals surface area contributed by atoms with Crippen LogP contribution in [0.2, 0.25) is 0 Å². The molecule has 9 atom stereocenters. The molecule has 0 spiro atoms. The number of phosphoric acid groups is 1. The Morgan fingerprint density at radius 2 is 1.02 bits per heavy atom. The highest BCUT2D eigenvalue weighted by atomic mass is 31.2. The molecule has 2 aromatic heterocycles. The second kappa shape index (κ2) is 36.1. The molecule has 0 aromatic carbocycles. The van der Waals surface area contributed by atoms with E-state index in [0.717, 1.165) is 0 Å². The number of nitriles is 2. The average molecular weight is 1220 g/mol. The molecule has 0 amide bonds. The number of ether oxygens (including phenoxy) is 2. The third kappa shape index (κ3) is 22.9. The van der Waals surface area contributed by atoms with Gasteiger partial charge in [0, 0.05) is 103 Å². The second-order valence-electron chi connectivity index (χ2n) is 19.1. The average Bonchev–Trinajstić information content (AvgIpc) is 4.06. The van der Waals surface area contributed by atoms with Crippen LogP contribution in [0.4, 0.5) is 0 Å². The van der Waals surface area contributed by atoms with E-state index >= 15 is 0 Å². The number of aromatic amines is 2. The lowest BCUT2D eigenvalue weighted by Crippen LogP contribution is -2.36. The highest BCUT2D eigenvalue weighted by Gasteiger charge is 2.43. The van der Waals surface area contributed by atoms with Gasteiger partial charge in [0.1, 0.15) is 23.6 Å². The molecule has 0 aliphatic carbocycles. The number of rotatable bonds is 31. The lowest BCUT2D eigenvalue weighted by Gasteiger charge is -2.37. The van der Waals surface area contributed by atoms with Crippen molar-refractivity contribution in [3.8, 4) is 35.8 Å². The molecule has 31 heteroatoms. The molecule has 81 heavy (non-hydrogen) atoms.